The molecule has 0 radical (unpaired) electrons. The standard InChI is InChI=1S/C32H24O10/c1-9(2)15-5-11-19(31(37)41-15)27(35)21-13(33)8-18-23-24-17(39-29(11)25(21)23)7-14(34)22-26(24)30(40-18)12-6-16(10(3)4)42-32(38)20(12)28(22)36/h7-10,15-16,35-36H,5-6H2,1-4H3/t15-,16-/m1/s1. The van der Waals surface area contributed by atoms with Gasteiger partial charge in [0.05, 0.1) is 10.8 Å². The van der Waals surface area contributed by atoms with Crippen molar-refractivity contribution in [3.63, 3.8) is 0 Å². The zero-order valence-corrected chi connectivity index (χ0v) is 23.0. The second kappa shape index (κ2) is 7.90. The lowest BCUT2D eigenvalue weighted by molar-refractivity contribution is 0.0125. The lowest BCUT2D eigenvalue weighted by Crippen LogP contribution is -2.32. The van der Waals surface area contributed by atoms with E-state index in [4.69, 9.17) is 18.3 Å². The second-order valence-corrected chi connectivity index (χ2v) is 12.0. The van der Waals surface area contributed by atoms with Gasteiger partial charge >= 0.3 is 11.9 Å². The highest BCUT2D eigenvalue weighted by atomic mass is 16.6. The number of hydrogen-bond donors (Lipinski definition) is 2. The summed E-state index contributed by atoms with van der Waals surface area (Å²) >= 11 is 0. The Kier molecular flexibility index (Phi) is 4.69. The number of phenols is 2. The largest absolute Gasteiger partial charge is 0.506 e. The van der Waals surface area contributed by atoms with Crippen molar-refractivity contribution in [3.05, 3.63) is 54.8 Å². The predicted octanol–water partition coefficient (Wildman–Crippen LogP) is 5.12. The lowest BCUT2D eigenvalue weighted by Gasteiger charge is -2.30. The van der Waals surface area contributed by atoms with Crippen LogP contribution >= 0.6 is 0 Å². The zero-order valence-electron chi connectivity index (χ0n) is 23.0. The molecule has 0 fully saturated rings. The van der Waals surface area contributed by atoms with E-state index in [-0.39, 0.29) is 79.7 Å². The molecule has 2 N–H and O–H groups in total. The van der Waals surface area contributed by atoms with E-state index in [1.807, 2.05) is 27.7 Å². The van der Waals surface area contributed by atoms with Gasteiger partial charge in [-0.3, -0.25) is 9.59 Å². The highest BCUT2D eigenvalue weighted by Crippen LogP contribution is 2.50. The molecule has 2 atom stereocenters. The van der Waals surface area contributed by atoms with Gasteiger partial charge in [-0.15, -0.1) is 0 Å². The van der Waals surface area contributed by atoms with Gasteiger partial charge in [0.2, 0.25) is 0 Å². The van der Waals surface area contributed by atoms with Crippen molar-refractivity contribution in [2.75, 3.05) is 0 Å². The van der Waals surface area contributed by atoms with Crippen LogP contribution in [0.15, 0.2) is 30.6 Å². The minimum absolute atomic E-state index is 0.0404. The van der Waals surface area contributed by atoms with Crippen LogP contribution in [0.25, 0.3) is 54.6 Å². The Balaban J connectivity index is 1.62. The van der Waals surface area contributed by atoms with Crippen molar-refractivity contribution in [2.24, 2.45) is 11.8 Å². The molecule has 0 amide bonds. The number of fused-ring (bicyclic) bond motifs is 4. The van der Waals surface area contributed by atoms with Crippen LogP contribution in [0.4, 0.5) is 0 Å². The van der Waals surface area contributed by atoms with E-state index in [9.17, 15) is 29.4 Å². The van der Waals surface area contributed by atoms with Crippen LogP contribution in [0.2, 0.25) is 0 Å². The van der Waals surface area contributed by atoms with Gasteiger partial charge in [-0.2, -0.15) is 0 Å². The van der Waals surface area contributed by atoms with E-state index in [1.165, 1.54) is 12.1 Å². The van der Waals surface area contributed by atoms with E-state index in [0.717, 1.165) is 0 Å². The van der Waals surface area contributed by atoms with E-state index >= 15 is 0 Å². The molecule has 4 aromatic carbocycles. The minimum atomic E-state index is -0.762. The fourth-order valence-corrected chi connectivity index (χ4v) is 6.81. The topological polar surface area (TPSA) is 153 Å². The molecule has 8 rings (SSSR count). The minimum Gasteiger partial charge on any atom is -0.506 e. The normalized spacial score (nSPS) is 19.1. The first-order chi connectivity index (χ1) is 20.0. The molecule has 4 heterocycles. The highest BCUT2D eigenvalue weighted by Gasteiger charge is 2.39. The molecule has 212 valence electrons. The van der Waals surface area contributed by atoms with Crippen LogP contribution in [-0.2, 0) is 22.3 Å². The van der Waals surface area contributed by atoms with Gasteiger partial charge in [0, 0.05) is 57.6 Å². The monoisotopic (exact) mass is 568 g/mol. The van der Waals surface area contributed by atoms with E-state index in [0.29, 0.717) is 21.9 Å². The summed E-state index contributed by atoms with van der Waals surface area (Å²) in [6, 6.07) is 2.43. The van der Waals surface area contributed by atoms with Crippen LogP contribution in [0.1, 0.15) is 59.5 Å². The van der Waals surface area contributed by atoms with Gasteiger partial charge in [-0.1, -0.05) is 27.7 Å². The predicted molar refractivity (Wildman–Crippen MR) is 152 cm³/mol. The fourth-order valence-electron chi connectivity index (χ4n) is 6.81. The Morgan fingerprint density at radius 3 is 1.36 bits per heavy atom. The number of phenolic OH excluding ortho intramolecular Hbond substituents is 2. The first kappa shape index (κ1) is 24.9. The summed E-state index contributed by atoms with van der Waals surface area (Å²) in [5, 5.41) is 23.7. The van der Waals surface area contributed by atoms with E-state index in [2.05, 4.69) is 0 Å². The number of cyclic esters (lactones) is 2. The molecule has 2 aliphatic heterocycles. The van der Waals surface area contributed by atoms with Crippen LogP contribution in [0, 0.1) is 11.8 Å². The number of carbonyl (C=O) groups excluding carboxylic acids is 2. The Morgan fingerprint density at radius 1 is 0.619 bits per heavy atom. The van der Waals surface area contributed by atoms with Crippen LogP contribution in [0.3, 0.4) is 0 Å². The molecule has 6 aromatic rings. The number of hydrogen-bond acceptors (Lipinski definition) is 10. The summed E-state index contributed by atoms with van der Waals surface area (Å²) in [6.07, 6.45) is -0.550. The van der Waals surface area contributed by atoms with Gasteiger partial charge < -0.3 is 28.5 Å². The molecule has 10 nitrogen and oxygen atoms in total. The van der Waals surface area contributed by atoms with Crippen molar-refractivity contribution in [1.29, 1.82) is 0 Å². The molecule has 2 aliphatic rings. The summed E-state index contributed by atoms with van der Waals surface area (Å²) in [6.45, 7) is 7.62. The third-order valence-corrected chi connectivity index (χ3v) is 8.96. The average Bonchev–Trinajstić information content (AvgIpc) is 2.92. The van der Waals surface area contributed by atoms with Gasteiger partial charge in [0.15, 0.2) is 10.9 Å². The Labute approximate surface area is 235 Å². The van der Waals surface area contributed by atoms with Crippen molar-refractivity contribution in [1.82, 2.24) is 0 Å². The fraction of sp³-hybridized carbons (Fsp3) is 0.312. The molecule has 42 heavy (non-hydrogen) atoms. The molecule has 10 heteroatoms. The molecule has 0 bridgehead atoms. The van der Waals surface area contributed by atoms with Crippen molar-refractivity contribution < 1.29 is 38.1 Å². The van der Waals surface area contributed by atoms with Crippen LogP contribution < -0.4 is 10.9 Å². The molecule has 0 spiro atoms. The van der Waals surface area contributed by atoms with Gasteiger partial charge in [-0.25, -0.2) is 9.59 Å². The van der Waals surface area contributed by atoms with Crippen LogP contribution in [0.5, 0.6) is 11.5 Å². The lowest BCUT2D eigenvalue weighted by atomic mass is 9.85. The quantitative estimate of drug-likeness (QED) is 0.163. The van der Waals surface area contributed by atoms with Crippen molar-refractivity contribution in [3.8, 4) is 11.5 Å². The van der Waals surface area contributed by atoms with Crippen molar-refractivity contribution in [2.45, 2.75) is 52.7 Å². The molecule has 0 saturated heterocycles. The Bertz CT molecular complexity index is 2160. The van der Waals surface area contributed by atoms with E-state index in [1.54, 1.807) is 0 Å². The van der Waals surface area contributed by atoms with E-state index < -0.39 is 46.5 Å². The van der Waals surface area contributed by atoms with Crippen molar-refractivity contribution >= 4 is 66.6 Å². The van der Waals surface area contributed by atoms with Crippen LogP contribution in [-0.4, -0.2) is 34.4 Å². The van der Waals surface area contributed by atoms with Gasteiger partial charge in [0.1, 0.15) is 57.2 Å². The van der Waals surface area contributed by atoms with Gasteiger partial charge in [0.25, 0.3) is 0 Å². The summed E-state index contributed by atoms with van der Waals surface area (Å²) in [5.41, 5.74) is -0.0812. The third kappa shape index (κ3) is 2.89. The number of aromatic hydroxyl groups is 2. The molecule has 0 aliphatic carbocycles. The number of ether oxygens (including phenoxy) is 2. The zero-order chi connectivity index (χ0) is 29.5. The third-order valence-electron chi connectivity index (χ3n) is 8.96. The Morgan fingerprint density at radius 2 is 1.00 bits per heavy atom. The average molecular weight is 569 g/mol. The second-order valence-electron chi connectivity index (χ2n) is 12.0. The number of benzene rings is 4. The number of carbonyl (C=O) groups is 2. The maximum atomic E-state index is 13.5. The molecule has 2 aromatic heterocycles. The Hall–Kier alpha value is -4.86. The highest BCUT2D eigenvalue weighted by molar-refractivity contribution is 6.34. The molecular weight excluding hydrogens is 544 g/mol. The number of esters is 2. The first-order valence-electron chi connectivity index (χ1n) is 13.9. The summed E-state index contributed by atoms with van der Waals surface area (Å²) < 4.78 is 23.9. The summed E-state index contributed by atoms with van der Waals surface area (Å²) in [5.74, 6) is -2.62. The number of rotatable bonds is 2. The van der Waals surface area contributed by atoms with Gasteiger partial charge in [-0.05, 0) is 11.8 Å². The summed E-state index contributed by atoms with van der Waals surface area (Å²) in [7, 11) is 0. The maximum Gasteiger partial charge on any atom is 0.342 e. The molecular formula is C32H24O10. The molecule has 0 saturated carbocycles. The maximum absolute atomic E-state index is 13.5. The molecule has 0 unspecified atom stereocenters. The SMILES string of the molecule is CC(C)[C@H]1Cc2c(c(O)c3c(=O)cc4oc5c6c(c(O)c7c(=O)cc8oc2c3c4c8c57)C(=O)O[C@@H](C(C)C)C6)C(=O)O1. The first-order valence-corrected chi connectivity index (χ1v) is 13.9. The smallest absolute Gasteiger partial charge is 0.342 e. The summed E-state index contributed by atoms with van der Waals surface area (Å²) in [4.78, 5) is 53.3.